The van der Waals surface area contributed by atoms with Crippen LogP contribution < -0.4 is 9.62 Å². The van der Waals surface area contributed by atoms with Crippen molar-refractivity contribution in [3.05, 3.63) is 42.2 Å². The molecule has 0 aliphatic carbocycles. The zero-order valence-corrected chi connectivity index (χ0v) is 16.6. The molecule has 154 valence electrons. The van der Waals surface area contributed by atoms with Gasteiger partial charge in [0.1, 0.15) is 5.69 Å². The third kappa shape index (κ3) is 3.65. The molecule has 1 aliphatic heterocycles. The number of hydrogen-bond donors (Lipinski definition) is 4. The molecule has 4 heterocycles. The van der Waals surface area contributed by atoms with Crippen LogP contribution in [0.15, 0.2) is 36.7 Å². The summed E-state index contributed by atoms with van der Waals surface area (Å²) in [6.45, 7) is 3.22. The highest BCUT2D eigenvalue weighted by Gasteiger charge is 2.15. The van der Waals surface area contributed by atoms with Gasteiger partial charge < -0.3 is 14.6 Å². The molecule has 1 saturated heterocycles. The quantitative estimate of drug-likeness (QED) is 0.360. The normalized spacial score (nSPS) is 16.0. The number of pyridine rings is 1. The van der Waals surface area contributed by atoms with Crippen molar-refractivity contribution in [2.45, 2.75) is 0 Å². The van der Waals surface area contributed by atoms with Crippen LogP contribution in [-0.2, 0) is 16.0 Å². The number of hydrogen-bond acceptors (Lipinski definition) is 6. The summed E-state index contributed by atoms with van der Waals surface area (Å²) in [7, 11) is 0. The van der Waals surface area contributed by atoms with Gasteiger partial charge in [-0.05, 0) is 35.9 Å². The van der Waals surface area contributed by atoms with Crippen LogP contribution in [0.4, 0.5) is 5.69 Å². The number of fused-ring (bicyclic) bond motifs is 2. The molecule has 1 unspecified atom stereocenters. The maximum absolute atomic E-state index is 10.7. The van der Waals surface area contributed by atoms with Crippen molar-refractivity contribution >= 4 is 45.1 Å². The molecule has 5 rings (SSSR count). The van der Waals surface area contributed by atoms with Gasteiger partial charge in [-0.1, -0.05) is 0 Å². The zero-order chi connectivity index (χ0) is 20.5. The first-order valence-electron chi connectivity index (χ1n) is 9.38. The summed E-state index contributed by atoms with van der Waals surface area (Å²) in [5.74, 6) is 0.671. The average Bonchev–Trinajstić information content (AvgIpc) is 3.37. The van der Waals surface area contributed by atoms with Crippen LogP contribution in [-0.4, -0.2) is 60.2 Å². The van der Waals surface area contributed by atoms with E-state index in [2.05, 4.69) is 41.9 Å². The molecule has 0 radical (unpaired) electrons. The van der Waals surface area contributed by atoms with Gasteiger partial charge in [0.2, 0.25) is 0 Å². The largest absolute Gasteiger partial charge is 0.378 e. The predicted molar refractivity (Wildman–Crippen MR) is 115 cm³/mol. The van der Waals surface area contributed by atoms with Crippen LogP contribution in [0.3, 0.4) is 0 Å². The predicted octanol–water partition coefficient (Wildman–Crippen LogP) is 2.03. The molecule has 0 saturated carbocycles. The van der Waals surface area contributed by atoms with E-state index < -0.39 is 11.3 Å². The summed E-state index contributed by atoms with van der Waals surface area (Å²) < 4.78 is 27.2. The lowest BCUT2D eigenvalue weighted by Crippen LogP contribution is -2.36. The summed E-state index contributed by atoms with van der Waals surface area (Å²) in [6.07, 6.45) is 4.69. The monoisotopic (exact) mass is 425 g/mol. The Hall–Kier alpha value is -3.28. The number of nitrogens with zero attached hydrogens (tertiary/aromatic N) is 4. The Morgan fingerprint density at radius 1 is 1.27 bits per heavy atom. The highest BCUT2D eigenvalue weighted by molar-refractivity contribution is 7.77. The van der Waals surface area contributed by atoms with Gasteiger partial charge in [0.15, 0.2) is 11.5 Å². The van der Waals surface area contributed by atoms with Gasteiger partial charge in [0.25, 0.3) is 11.3 Å². The molecule has 30 heavy (non-hydrogen) atoms. The topological polar surface area (TPSA) is 132 Å². The molecule has 1 fully saturated rings. The van der Waals surface area contributed by atoms with Crippen LogP contribution >= 0.6 is 0 Å². The van der Waals surface area contributed by atoms with Crippen molar-refractivity contribution in [3.63, 3.8) is 0 Å². The van der Waals surface area contributed by atoms with E-state index >= 15 is 0 Å². The number of nitrogens with one attached hydrogen (secondary N) is 3. The SMILES string of the molecule is O=S(O)NC=Cc1cnc2n[nH]c(-c3nc4ccc(N5CCOCC5)cc4[nH]3)c2c1. The standard InChI is InChI=1S/C19H19N7O3S/c27-30(28)21-4-3-12-9-14-17(24-25-18(14)20-11-12)19-22-15-2-1-13(10-16(15)23-19)26-5-7-29-8-6-26/h1-4,9-11,21H,5-8H2,(H,22,23)(H,27,28)(H,20,24,25). The van der Waals surface area contributed by atoms with Crippen LogP contribution in [0.2, 0.25) is 0 Å². The molecule has 4 aromatic rings. The lowest BCUT2D eigenvalue weighted by atomic mass is 10.2. The summed E-state index contributed by atoms with van der Waals surface area (Å²) in [5.41, 5.74) is 5.00. The molecule has 0 spiro atoms. The Kier molecular flexibility index (Phi) is 4.91. The summed E-state index contributed by atoms with van der Waals surface area (Å²) >= 11 is -2.11. The number of imidazole rings is 1. The van der Waals surface area contributed by atoms with Gasteiger partial charge >= 0.3 is 0 Å². The van der Waals surface area contributed by atoms with E-state index in [4.69, 9.17) is 14.3 Å². The van der Waals surface area contributed by atoms with Crippen LogP contribution in [0.5, 0.6) is 0 Å². The minimum Gasteiger partial charge on any atom is -0.378 e. The fraction of sp³-hybridized carbons (Fsp3) is 0.211. The highest BCUT2D eigenvalue weighted by atomic mass is 32.2. The van der Waals surface area contributed by atoms with Gasteiger partial charge in [-0.15, -0.1) is 0 Å². The molecule has 1 atom stereocenters. The molecule has 4 N–H and O–H groups in total. The molecule has 1 aliphatic rings. The maximum Gasteiger partial charge on any atom is 0.258 e. The van der Waals surface area contributed by atoms with Gasteiger partial charge in [-0.3, -0.25) is 14.4 Å². The van der Waals surface area contributed by atoms with Crippen molar-refractivity contribution < 1.29 is 13.5 Å². The fourth-order valence-corrected chi connectivity index (χ4v) is 3.69. The van der Waals surface area contributed by atoms with Crippen molar-refractivity contribution in [1.82, 2.24) is 29.9 Å². The molecule has 10 nitrogen and oxygen atoms in total. The number of rotatable bonds is 5. The molecule has 11 heteroatoms. The molecule has 0 amide bonds. The third-order valence-electron chi connectivity index (χ3n) is 4.95. The van der Waals surface area contributed by atoms with E-state index in [0.29, 0.717) is 11.5 Å². The fourth-order valence-electron chi connectivity index (χ4n) is 3.51. The Bertz CT molecular complexity index is 1260. The van der Waals surface area contributed by atoms with Crippen LogP contribution in [0, 0.1) is 0 Å². The van der Waals surface area contributed by atoms with Crippen LogP contribution in [0.1, 0.15) is 5.56 Å². The number of aromatic amines is 2. The third-order valence-corrected chi connectivity index (χ3v) is 5.29. The van der Waals surface area contributed by atoms with E-state index in [0.717, 1.165) is 59.7 Å². The van der Waals surface area contributed by atoms with Crippen molar-refractivity contribution in [3.8, 4) is 11.5 Å². The van der Waals surface area contributed by atoms with Crippen molar-refractivity contribution in [2.75, 3.05) is 31.2 Å². The highest BCUT2D eigenvalue weighted by Crippen LogP contribution is 2.28. The zero-order valence-electron chi connectivity index (χ0n) is 15.8. The minimum atomic E-state index is -2.11. The van der Waals surface area contributed by atoms with Gasteiger partial charge in [0.05, 0.1) is 29.6 Å². The Morgan fingerprint density at radius 3 is 2.97 bits per heavy atom. The summed E-state index contributed by atoms with van der Waals surface area (Å²) in [5, 5.41) is 8.07. The second kappa shape index (κ2) is 7.86. The Balaban J connectivity index is 1.49. The van der Waals surface area contributed by atoms with Crippen molar-refractivity contribution in [1.29, 1.82) is 0 Å². The lowest BCUT2D eigenvalue weighted by molar-refractivity contribution is 0.122. The summed E-state index contributed by atoms with van der Waals surface area (Å²) in [4.78, 5) is 14.7. The molecule has 3 aromatic heterocycles. The Morgan fingerprint density at radius 2 is 2.13 bits per heavy atom. The van der Waals surface area contributed by atoms with Gasteiger partial charge in [-0.25, -0.2) is 14.2 Å². The van der Waals surface area contributed by atoms with E-state index in [9.17, 15) is 4.21 Å². The first-order valence-corrected chi connectivity index (χ1v) is 10.5. The molecule has 1 aromatic carbocycles. The lowest BCUT2D eigenvalue weighted by Gasteiger charge is -2.28. The van der Waals surface area contributed by atoms with Crippen molar-refractivity contribution in [2.24, 2.45) is 0 Å². The molecular weight excluding hydrogens is 406 g/mol. The van der Waals surface area contributed by atoms with E-state index in [-0.39, 0.29) is 0 Å². The minimum absolute atomic E-state index is 0.565. The average molecular weight is 425 g/mol. The van der Waals surface area contributed by atoms with Gasteiger partial charge in [-0.2, -0.15) is 5.10 Å². The number of morpholine rings is 1. The summed E-state index contributed by atoms with van der Waals surface area (Å²) in [6, 6.07) is 8.08. The smallest absolute Gasteiger partial charge is 0.258 e. The molecule has 0 bridgehead atoms. The van der Waals surface area contributed by atoms with Crippen LogP contribution in [0.25, 0.3) is 39.7 Å². The first-order chi connectivity index (χ1) is 14.7. The number of anilines is 1. The van der Waals surface area contributed by atoms with Gasteiger partial charge in [0, 0.05) is 31.2 Å². The number of ether oxygens (including phenoxy) is 1. The van der Waals surface area contributed by atoms with E-state index in [1.807, 2.05) is 12.1 Å². The second-order valence-corrected chi connectivity index (χ2v) is 7.56. The Labute approximate surface area is 173 Å². The number of aromatic nitrogens is 5. The number of H-pyrrole nitrogens is 2. The first kappa shape index (κ1) is 18.7. The van der Waals surface area contributed by atoms with E-state index in [1.54, 1.807) is 12.3 Å². The molecular formula is C19H19N7O3S. The maximum atomic E-state index is 10.7. The number of benzene rings is 1. The van der Waals surface area contributed by atoms with E-state index in [1.165, 1.54) is 6.20 Å². The second-order valence-electron chi connectivity index (χ2n) is 6.83.